The van der Waals surface area contributed by atoms with Gasteiger partial charge in [-0.2, -0.15) is 0 Å². The van der Waals surface area contributed by atoms with Crippen LogP contribution in [0, 0.1) is 15.9 Å². The number of halogens is 1. The standard InChI is InChI=1S/C28H28FN3O4/c29-23-4-1-3-21(13-23)15-31-17-22(16-30-12-2-5-25(30)18-33)27-14-26(10-11-28(27)31)36-19-20-6-8-24(9-7-20)32(34)35/h1,3-4,6-11,13-14,17,25,33H,2,5,12,15-16,18-19H2/t25-/m0/s1. The average molecular weight is 490 g/mol. The molecule has 0 aliphatic carbocycles. The van der Waals surface area contributed by atoms with Crippen LogP contribution >= 0.6 is 0 Å². The van der Waals surface area contributed by atoms with E-state index < -0.39 is 4.92 Å². The molecule has 0 amide bonds. The first-order valence-corrected chi connectivity index (χ1v) is 12.1. The van der Waals surface area contributed by atoms with E-state index in [2.05, 4.69) is 15.7 Å². The number of nitrogens with zero attached hydrogens (tertiary/aromatic N) is 3. The minimum Gasteiger partial charge on any atom is -0.489 e. The summed E-state index contributed by atoms with van der Waals surface area (Å²) < 4.78 is 21.9. The van der Waals surface area contributed by atoms with Gasteiger partial charge in [0.2, 0.25) is 0 Å². The van der Waals surface area contributed by atoms with Crippen LogP contribution in [-0.4, -0.2) is 38.7 Å². The molecule has 0 unspecified atom stereocenters. The van der Waals surface area contributed by atoms with Gasteiger partial charge in [-0.25, -0.2) is 4.39 Å². The van der Waals surface area contributed by atoms with Crippen molar-refractivity contribution in [2.75, 3.05) is 13.2 Å². The second-order valence-electron chi connectivity index (χ2n) is 9.25. The maximum Gasteiger partial charge on any atom is 0.269 e. The fourth-order valence-electron chi connectivity index (χ4n) is 4.94. The van der Waals surface area contributed by atoms with E-state index in [1.807, 2.05) is 24.3 Å². The number of aromatic nitrogens is 1. The summed E-state index contributed by atoms with van der Waals surface area (Å²) in [5.74, 6) is 0.444. The van der Waals surface area contributed by atoms with Crippen molar-refractivity contribution >= 4 is 16.6 Å². The minimum absolute atomic E-state index is 0.0487. The van der Waals surface area contributed by atoms with Crippen molar-refractivity contribution < 1.29 is 19.2 Å². The Balaban J connectivity index is 1.42. The number of ether oxygens (including phenoxy) is 1. The van der Waals surface area contributed by atoms with Crippen LogP contribution in [0.4, 0.5) is 10.1 Å². The Morgan fingerprint density at radius 1 is 1.06 bits per heavy atom. The van der Waals surface area contributed by atoms with Gasteiger partial charge in [-0.1, -0.05) is 12.1 Å². The lowest BCUT2D eigenvalue weighted by atomic mass is 10.1. The molecule has 1 aliphatic rings. The van der Waals surface area contributed by atoms with E-state index in [1.54, 1.807) is 24.3 Å². The number of aliphatic hydroxyl groups excluding tert-OH is 1. The van der Waals surface area contributed by atoms with Gasteiger partial charge in [0, 0.05) is 48.4 Å². The Bertz CT molecular complexity index is 1370. The fourth-order valence-corrected chi connectivity index (χ4v) is 4.94. The number of nitro groups is 1. The zero-order chi connectivity index (χ0) is 25.1. The Morgan fingerprint density at radius 3 is 2.64 bits per heavy atom. The van der Waals surface area contributed by atoms with Crippen LogP contribution in [0.25, 0.3) is 10.9 Å². The zero-order valence-corrected chi connectivity index (χ0v) is 19.8. The van der Waals surface area contributed by atoms with E-state index in [-0.39, 0.29) is 24.2 Å². The van der Waals surface area contributed by atoms with Gasteiger partial charge in [0.25, 0.3) is 5.69 Å². The topological polar surface area (TPSA) is 80.8 Å². The summed E-state index contributed by atoms with van der Waals surface area (Å²) in [4.78, 5) is 12.8. The van der Waals surface area contributed by atoms with Gasteiger partial charge >= 0.3 is 0 Å². The van der Waals surface area contributed by atoms with E-state index in [0.29, 0.717) is 25.4 Å². The number of benzene rings is 3. The summed E-state index contributed by atoms with van der Waals surface area (Å²) in [6, 6.07) is 19.1. The molecule has 1 atom stereocenters. The number of likely N-dealkylation sites (tertiary alicyclic amines) is 1. The third kappa shape index (κ3) is 5.24. The monoisotopic (exact) mass is 489 g/mol. The molecule has 1 aliphatic heterocycles. The number of rotatable bonds is 9. The predicted molar refractivity (Wildman–Crippen MR) is 135 cm³/mol. The van der Waals surface area contributed by atoms with Crippen LogP contribution in [-0.2, 0) is 19.7 Å². The molecule has 0 radical (unpaired) electrons. The first kappa shape index (κ1) is 24.0. The number of nitro benzene ring substituents is 1. The predicted octanol–water partition coefficient (Wildman–Crippen LogP) is 5.27. The molecule has 0 saturated carbocycles. The smallest absolute Gasteiger partial charge is 0.269 e. The molecule has 7 nitrogen and oxygen atoms in total. The lowest BCUT2D eigenvalue weighted by Gasteiger charge is -2.22. The number of non-ortho nitro benzene ring substituents is 1. The molecule has 2 heterocycles. The molecule has 186 valence electrons. The van der Waals surface area contributed by atoms with E-state index >= 15 is 0 Å². The molecule has 5 rings (SSSR count). The maximum absolute atomic E-state index is 13.8. The third-order valence-corrected chi connectivity index (χ3v) is 6.81. The highest BCUT2D eigenvalue weighted by Gasteiger charge is 2.25. The van der Waals surface area contributed by atoms with Crippen molar-refractivity contribution in [3.8, 4) is 5.75 Å². The van der Waals surface area contributed by atoms with Crippen molar-refractivity contribution in [1.82, 2.24) is 9.47 Å². The summed E-state index contributed by atoms with van der Waals surface area (Å²) in [7, 11) is 0. The average Bonchev–Trinajstić information content (AvgIpc) is 3.47. The Labute approximate surface area is 208 Å². The van der Waals surface area contributed by atoms with Crippen molar-refractivity contribution in [1.29, 1.82) is 0 Å². The van der Waals surface area contributed by atoms with Crippen LogP contribution in [0.2, 0.25) is 0 Å². The first-order chi connectivity index (χ1) is 17.5. The van der Waals surface area contributed by atoms with Crippen molar-refractivity contribution in [3.63, 3.8) is 0 Å². The molecule has 0 spiro atoms. The molecule has 8 heteroatoms. The van der Waals surface area contributed by atoms with Crippen LogP contribution < -0.4 is 4.74 Å². The van der Waals surface area contributed by atoms with Gasteiger partial charge in [-0.05, 0) is 78.5 Å². The summed E-state index contributed by atoms with van der Waals surface area (Å²) in [5, 5.41) is 21.7. The number of fused-ring (bicyclic) bond motifs is 1. The molecule has 3 aromatic carbocycles. The van der Waals surface area contributed by atoms with Gasteiger partial charge in [0.15, 0.2) is 0 Å². The van der Waals surface area contributed by atoms with E-state index in [1.165, 1.54) is 18.2 Å². The van der Waals surface area contributed by atoms with Crippen LogP contribution in [0.15, 0.2) is 72.9 Å². The Hall–Kier alpha value is -3.75. The van der Waals surface area contributed by atoms with E-state index in [4.69, 9.17) is 4.74 Å². The highest BCUT2D eigenvalue weighted by molar-refractivity contribution is 5.85. The van der Waals surface area contributed by atoms with Crippen molar-refractivity contribution in [3.05, 3.63) is 106 Å². The number of aliphatic hydroxyl groups is 1. The molecule has 4 aromatic rings. The first-order valence-electron chi connectivity index (χ1n) is 12.1. The van der Waals surface area contributed by atoms with Gasteiger partial charge in [0.05, 0.1) is 11.5 Å². The van der Waals surface area contributed by atoms with E-state index in [0.717, 1.165) is 47.0 Å². The lowest BCUT2D eigenvalue weighted by Crippen LogP contribution is -2.31. The molecular weight excluding hydrogens is 461 g/mol. The lowest BCUT2D eigenvalue weighted by molar-refractivity contribution is -0.384. The van der Waals surface area contributed by atoms with Gasteiger partial charge in [-0.3, -0.25) is 15.0 Å². The van der Waals surface area contributed by atoms with Gasteiger partial charge in [-0.15, -0.1) is 0 Å². The van der Waals surface area contributed by atoms with Crippen LogP contribution in [0.1, 0.15) is 29.5 Å². The highest BCUT2D eigenvalue weighted by atomic mass is 19.1. The molecule has 1 saturated heterocycles. The molecule has 1 N–H and O–H groups in total. The highest BCUT2D eigenvalue weighted by Crippen LogP contribution is 2.30. The van der Waals surface area contributed by atoms with E-state index in [9.17, 15) is 19.6 Å². The summed E-state index contributed by atoms with van der Waals surface area (Å²) in [6.07, 6.45) is 4.17. The van der Waals surface area contributed by atoms with Gasteiger partial charge in [0.1, 0.15) is 18.2 Å². The quantitative estimate of drug-likeness (QED) is 0.256. The zero-order valence-electron chi connectivity index (χ0n) is 19.8. The molecule has 36 heavy (non-hydrogen) atoms. The normalized spacial score (nSPS) is 16.0. The largest absolute Gasteiger partial charge is 0.489 e. The molecule has 1 aromatic heterocycles. The van der Waals surface area contributed by atoms with Crippen LogP contribution in [0.3, 0.4) is 0 Å². The molecule has 0 bridgehead atoms. The Kier molecular flexibility index (Phi) is 6.97. The van der Waals surface area contributed by atoms with Gasteiger partial charge < -0.3 is 14.4 Å². The van der Waals surface area contributed by atoms with Crippen molar-refractivity contribution in [2.45, 2.75) is 38.6 Å². The Morgan fingerprint density at radius 2 is 1.89 bits per heavy atom. The summed E-state index contributed by atoms with van der Waals surface area (Å²) >= 11 is 0. The number of hydrogen-bond acceptors (Lipinski definition) is 5. The second-order valence-corrected chi connectivity index (χ2v) is 9.25. The molecule has 1 fully saturated rings. The fraction of sp³-hybridized carbons (Fsp3) is 0.286. The second kappa shape index (κ2) is 10.5. The molecular formula is C28H28FN3O4. The minimum atomic E-state index is -0.420. The summed E-state index contributed by atoms with van der Waals surface area (Å²) in [6.45, 7) is 2.63. The SMILES string of the molecule is O=[N+]([O-])c1ccc(COc2ccc3c(c2)c(CN2CCC[C@H]2CO)cn3Cc2cccc(F)c2)cc1. The number of hydrogen-bond donors (Lipinski definition) is 1. The van der Waals surface area contributed by atoms with Crippen LogP contribution in [0.5, 0.6) is 5.75 Å². The summed E-state index contributed by atoms with van der Waals surface area (Å²) in [5.41, 5.74) is 3.92. The third-order valence-electron chi connectivity index (χ3n) is 6.81. The maximum atomic E-state index is 13.8. The van der Waals surface area contributed by atoms with Crippen molar-refractivity contribution in [2.24, 2.45) is 0 Å².